The Morgan fingerprint density at radius 3 is 2.47 bits per heavy atom. The molecule has 7 nitrogen and oxygen atoms in total. The summed E-state index contributed by atoms with van der Waals surface area (Å²) in [6.45, 7) is 0.202. The van der Waals surface area contributed by atoms with Gasteiger partial charge in [-0.3, -0.25) is 9.69 Å². The second-order valence-corrected chi connectivity index (χ2v) is 10.6. The van der Waals surface area contributed by atoms with E-state index in [0.717, 1.165) is 0 Å². The summed E-state index contributed by atoms with van der Waals surface area (Å²) in [6, 6.07) is 8.28. The molecule has 3 aromatic rings. The molecule has 0 N–H and O–H groups in total. The van der Waals surface area contributed by atoms with Gasteiger partial charge in [-0.15, -0.1) is 0 Å². The minimum atomic E-state index is -4.93. The molecule has 1 aromatic heterocycles. The molecule has 3 heterocycles. The highest BCUT2D eigenvalue weighted by atomic mass is 32.2. The predicted octanol–water partition coefficient (Wildman–Crippen LogP) is 3.83. The second kappa shape index (κ2) is 8.02. The first-order valence-electron chi connectivity index (χ1n) is 10.5. The number of hydrogen-bond donors (Lipinski definition) is 0. The topological polar surface area (TPSA) is 86.1 Å². The summed E-state index contributed by atoms with van der Waals surface area (Å²) in [5, 5.41) is -0.0120. The Kier molecular flexibility index (Phi) is 5.36. The Bertz CT molecular complexity index is 1430. The van der Waals surface area contributed by atoms with E-state index in [1.54, 1.807) is 4.90 Å². The van der Waals surface area contributed by atoms with Crippen LogP contribution in [-0.4, -0.2) is 44.7 Å². The van der Waals surface area contributed by atoms with Crippen molar-refractivity contribution in [2.45, 2.75) is 25.2 Å². The monoisotopic (exact) mass is 495 g/mol. The number of ether oxygens (including phenoxy) is 2. The molecule has 34 heavy (non-hydrogen) atoms. The van der Waals surface area contributed by atoms with Crippen LogP contribution >= 0.6 is 0 Å². The predicted molar refractivity (Wildman–Crippen MR) is 118 cm³/mol. The summed E-state index contributed by atoms with van der Waals surface area (Å²) in [5.74, 6) is -0.657. The van der Waals surface area contributed by atoms with E-state index >= 15 is 0 Å². The molecular weight excluding hydrogens is 475 g/mol. The largest absolute Gasteiger partial charge is 0.497 e. The van der Waals surface area contributed by atoms with Gasteiger partial charge in [0.15, 0.2) is 9.84 Å². The molecule has 1 atom stereocenters. The zero-order valence-electron chi connectivity index (χ0n) is 18.0. The fraction of sp³-hybridized carbons (Fsp3) is 0.348. The number of methoxy groups -OCH3 is 1. The molecule has 1 fully saturated rings. The van der Waals surface area contributed by atoms with Crippen molar-refractivity contribution in [1.82, 2.24) is 4.90 Å². The molecule has 0 saturated carbocycles. The highest BCUT2D eigenvalue weighted by Gasteiger charge is 2.41. The molecule has 11 heteroatoms. The van der Waals surface area contributed by atoms with Crippen LogP contribution in [0.25, 0.3) is 22.1 Å². The molecule has 5 rings (SSSR count). The molecule has 2 aliphatic heterocycles. The molecule has 0 unspecified atom stereocenters. The summed E-state index contributed by atoms with van der Waals surface area (Å²) >= 11 is 0. The second-order valence-electron chi connectivity index (χ2n) is 8.36. The lowest BCUT2D eigenvalue weighted by molar-refractivity contribution is -0.152. The van der Waals surface area contributed by atoms with Crippen LogP contribution in [-0.2, 0) is 22.6 Å². The number of nitrogens with zero attached hydrogens (tertiary/aromatic N) is 1. The summed E-state index contributed by atoms with van der Waals surface area (Å²) in [5.41, 5.74) is -1.27. The third kappa shape index (κ3) is 3.92. The lowest BCUT2D eigenvalue weighted by Crippen LogP contribution is -2.41. The van der Waals surface area contributed by atoms with E-state index in [1.807, 2.05) is 0 Å². The first-order valence-corrected chi connectivity index (χ1v) is 12.3. The van der Waals surface area contributed by atoms with Crippen molar-refractivity contribution in [1.29, 1.82) is 0 Å². The maximum Gasteiger partial charge on any atom is 0.450 e. The Labute approximate surface area is 192 Å². The van der Waals surface area contributed by atoms with Gasteiger partial charge in [-0.2, -0.15) is 13.2 Å². The minimum Gasteiger partial charge on any atom is -0.497 e. The average Bonchev–Trinajstić information content (AvgIpc) is 3.17. The lowest BCUT2D eigenvalue weighted by atomic mass is 9.99. The third-order valence-electron chi connectivity index (χ3n) is 6.23. The molecule has 0 spiro atoms. The summed E-state index contributed by atoms with van der Waals surface area (Å²) in [4.78, 5) is 15.1. The van der Waals surface area contributed by atoms with Gasteiger partial charge in [0, 0.05) is 12.6 Å². The normalized spacial score (nSPS) is 20.2. The molecule has 2 aliphatic rings. The van der Waals surface area contributed by atoms with Gasteiger partial charge in [0.2, 0.25) is 11.2 Å². The molecule has 0 amide bonds. The number of sulfone groups is 1. The number of halogens is 3. The number of hydrogen-bond acceptors (Lipinski definition) is 7. The van der Waals surface area contributed by atoms with Crippen LogP contribution in [0.1, 0.15) is 17.7 Å². The highest BCUT2D eigenvalue weighted by Crippen LogP contribution is 2.40. The smallest absolute Gasteiger partial charge is 0.450 e. The van der Waals surface area contributed by atoms with Crippen LogP contribution in [0, 0.1) is 0 Å². The lowest BCUT2D eigenvalue weighted by Gasteiger charge is -2.33. The van der Waals surface area contributed by atoms with Crippen molar-refractivity contribution >= 4 is 20.8 Å². The van der Waals surface area contributed by atoms with E-state index in [-0.39, 0.29) is 52.9 Å². The third-order valence-corrected chi connectivity index (χ3v) is 7.98. The van der Waals surface area contributed by atoms with Gasteiger partial charge in [0.05, 0.1) is 35.1 Å². The maximum atomic E-state index is 14.1. The van der Waals surface area contributed by atoms with Crippen molar-refractivity contribution in [2.24, 2.45) is 0 Å². The summed E-state index contributed by atoms with van der Waals surface area (Å²) in [6.07, 6.45) is -4.52. The first-order chi connectivity index (χ1) is 16.1. The summed E-state index contributed by atoms with van der Waals surface area (Å²) in [7, 11) is -1.74. The highest BCUT2D eigenvalue weighted by molar-refractivity contribution is 7.91. The average molecular weight is 495 g/mol. The van der Waals surface area contributed by atoms with Gasteiger partial charge in [-0.05, 0) is 36.2 Å². The Hall–Kier alpha value is -3.05. The van der Waals surface area contributed by atoms with Crippen LogP contribution in [0.4, 0.5) is 13.2 Å². The van der Waals surface area contributed by atoms with Gasteiger partial charge in [-0.1, -0.05) is 12.1 Å². The van der Waals surface area contributed by atoms with Crippen LogP contribution in [0.5, 0.6) is 11.5 Å². The van der Waals surface area contributed by atoms with Crippen LogP contribution in [0.2, 0.25) is 0 Å². The van der Waals surface area contributed by atoms with Gasteiger partial charge in [-0.25, -0.2) is 8.42 Å². The molecule has 0 bridgehead atoms. The summed E-state index contributed by atoms with van der Waals surface area (Å²) < 4.78 is 82.1. The quantitative estimate of drug-likeness (QED) is 0.546. The van der Waals surface area contributed by atoms with Crippen LogP contribution in [0.3, 0.4) is 0 Å². The van der Waals surface area contributed by atoms with Gasteiger partial charge >= 0.3 is 6.18 Å². The van der Waals surface area contributed by atoms with Crippen molar-refractivity contribution in [3.05, 3.63) is 57.9 Å². The molecule has 1 saturated heterocycles. The first kappa shape index (κ1) is 22.7. The molecule has 2 aromatic carbocycles. The SMILES string of the molecule is COc1ccc(-c2c(C(F)(F)F)oc3c4c(ccc3c2=O)OCN([C@@H]2CCS(=O)(=O)C2)C4)cc1. The van der Waals surface area contributed by atoms with E-state index in [9.17, 15) is 26.4 Å². The Balaban J connectivity index is 1.67. The van der Waals surface area contributed by atoms with Crippen molar-refractivity contribution in [3.63, 3.8) is 0 Å². The van der Waals surface area contributed by atoms with Gasteiger partial charge in [0.1, 0.15) is 23.8 Å². The number of benzene rings is 2. The molecule has 180 valence electrons. The fourth-order valence-corrected chi connectivity index (χ4v) is 6.26. The Morgan fingerprint density at radius 1 is 1.12 bits per heavy atom. The van der Waals surface area contributed by atoms with E-state index < -0.39 is 32.8 Å². The van der Waals surface area contributed by atoms with Gasteiger partial charge in [0.25, 0.3) is 0 Å². The minimum absolute atomic E-state index is 0.0120. The van der Waals surface area contributed by atoms with E-state index in [1.165, 1.54) is 43.5 Å². The van der Waals surface area contributed by atoms with Crippen LogP contribution in [0.15, 0.2) is 45.6 Å². The zero-order chi connectivity index (χ0) is 24.3. The fourth-order valence-electron chi connectivity index (χ4n) is 4.50. The standard InChI is InChI=1S/C23H20F3NO6S/c1-31-15-4-2-13(3-5-15)19-20(28)16-6-7-18-17(21(16)33-22(19)23(24,25)26)10-27(12-32-18)14-8-9-34(29,30)11-14/h2-7,14H,8-12H2,1H3/t14-/m1/s1. The van der Waals surface area contributed by atoms with Gasteiger partial charge < -0.3 is 13.9 Å². The molecule has 0 aliphatic carbocycles. The number of fused-ring (bicyclic) bond motifs is 3. The zero-order valence-corrected chi connectivity index (χ0v) is 18.8. The van der Waals surface area contributed by atoms with E-state index in [4.69, 9.17) is 13.9 Å². The number of rotatable bonds is 3. The van der Waals surface area contributed by atoms with E-state index in [2.05, 4.69) is 0 Å². The molecular formula is C23H20F3NO6S. The van der Waals surface area contributed by atoms with Crippen molar-refractivity contribution < 1.29 is 35.5 Å². The van der Waals surface area contributed by atoms with E-state index in [0.29, 0.717) is 17.9 Å². The molecule has 0 radical (unpaired) electrons. The Morgan fingerprint density at radius 2 is 1.85 bits per heavy atom. The van der Waals surface area contributed by atoms with Crippen molar-refractivity contribution in [3.8, 4) is 22.6 Å². The van der Waals surface area contributed by atoms with Crippen molar-refractivity contribution in [2.75, 3.05) is 25.3 Å². The number of alkyl halides is 3. The maximum absolute atomic E-state index is 14.1. The van der Waals surface area contributed by atoms with Crippen LogP contribution < -0.4 is 14.9 Å².